The zero-order chi connectivity index (χ0) is 18.4. The molecule has 3 N–H and O–H groups in total. The second-order valence-corrected chi connectivity index (χ2v) is 6.68. The minimum absolute atomic E-state index is 0.0000898. The Bertz CT molecular complexity index is 846. The van der Waals surface area contributed by atoms with E-state index in [0.717, 1.165) is 0 Å². The second-order valence-electron chi connectivity index (χ2n) is 6.28. The summed E-state index contributed by atoms with van der Waals surface area (Å²) in [6.45, 7) is 1.82. The molecule has 0 spiro atoms. The highest BCUT2D eigenvalue weighted by Crippen LogP contribution is 2.43. The maximum atomic E-state index is 14.9. The molecule has 3 atom stereocenters. The van der Waals surface area contributed by atoms with Gasteiger partial charge in [0.2, 0.25) is 5.67 Å². The molecule has 1 heterocycles. The molecule has 0 radical (unpaired) electrons. The molecule has 3 rings (SSSR count). The number of amides is 1. The number of hydrogen-bond donors (Lipinski definition) is 2. The van der Waals surface area contributed by atoms with Gasteiger partial charge < -0.3 is 10.8 Å². The molecule has 132 valence electrons. The van der Waals surface area contributed by atoms with E-state index < -0.39 is 23.5 Å². The predicted molar refractivity (Wildman–Crippen MR) is 89.3 cm³/mol. The predicted octanol–water partition coefficient (Wildman–Crippen LogP) is 3.50. The van der Waals surface area contributed by atoms with E-state index in [9.17, 15) is 18.7 Å². The van der Waals surface area contributed by atoms with Gasteiger partial charge in [-0.1, -0.05) is 30.7 Å². The summed E-state index contributed by atoms with van der Waals surface area (Å²) in [5, 5.41) is 10.4. The Kier molecular flexibility index (Phi) is 4.51. The van der Waals surface area contributed by atoms with Crippen molar-refractivity contribution in [1.82, 2.24) is 4.98 Å². The molecule has 25 heavy (non-hydrogen) atoms. The third kappa shape index (κ3) is 3.00. The Morgan fingerprint density at radius 2 is 2.16 bits per heavy atom. The molecule has 2 aromatic rings. The summed E-state index contributed by atoms with van der Waals surface area (Å²) in [5.74, 6) is -1.85. The summed E-state index contributed by atoms with van der Waals surface area (Å²) in [7, 11) is 0. The van der Waals surface area contributed by atoms with Crippen molar-refractivity contribution < 1.29 is 18.7 Å². The lowest BCUT2D eigenvalue weighted by Gasteiger charge is -2.32. The van der Waals surface area contributed by atoms with E-state index in [-0.39, 0.29) is 35.0 Å². The highest BCUT2D eigenvalue weighted by Gasteiger charge is 2.45. The van der Waals surface area contributed by atoms with E-state index in [2.05, 4.69) is 4.98 Å². The Hall–Kier alpha value is -2.05. The van der Waals surface area contributed by atoms with E-state index in [0.29, 0.717) is 11.3 Å². The largest absolute Gasteiger partial charge is 0.387 e. The number of primary amides is 1. The Balaban J connectivity index is 2.06. The van der Waals surface area contributed by atoms with Crippen LogP contribution in [0.5, 0.6) is 0 Å². The lowest BCUT2D eigenvalue weighted by molar-refractivity contribution is -0.131. The zero-order valence-electron chi connectivity index (χ0n) is 13.5. The van der Waals surface area contributed by atoms with Crippen molar-refractivity contribution in [2.24, 2.45) is 5.73 Å². The molecule has 0 saturated heterocycles. The van der Waals surface area contributed by atoms with Crippen LogP contribution in [0.25, 0.3) is 0 Å². The van der Waals surface area contributed by atoms with Gasteiger partial charge in [0.15, 0.2) is 0 Å². The number of aliphatic hydroxyl groups excluding tert-OH is 1. The number of carbonyl (C=O) groups is 1. The monoisotopic (exact) mass is 366 g/mol. The average Bonchev–Trinajstić information content (AvgIpc) is 2.57. The number of pyridine rings is 1. The molecule has 1 amide bonds. The molecule has 1 aliphatic carbocycles. The molecule has 4 nitrogen and oxygen atoms in total. The number of fused-ring (bicyclic) bond motifs is 1. The van der Waals surface area contributed by atoms with Crippen molar-refractivity contribution in [2.45, 2.75) is 37.5 Å². The topological polar surface area (TPSA) is 76.2 Å². The Labute approximate surface area is 148 Å². The number of hydrogen-bond acceptors (Lipinski definition) is 3. The van der Waals surface area contributed by atoms with Crippen LogP contribution in [0.3, 0.4) is 0 Å². The quantitative estimate of drug-likeness (QED) is 0.872. The number of rotatable bonds is 3. The fourth-order valence-electron chi connectivity index (χ4n) is 3.20. The summed E-state index contributed by atoms with van der Waals surface area (Å²) in [6.07, 6.45) is -1.11. The van der Waals surface area contributed by atoms with Gasteiger partial charge in [0.1, 0.15) is 5.82 Å². The van der Waals surface area contributed by atoms with Gasteiger partial charge in [-0.05, 0) is 36.6 Å². The van der Waals surface area contributed by atoms with E-state index in [1.165, 1.54) is 18.2 Å². The molecular weight excluding hydrogens is 350 g/mol. The second kappa shape index (κ2) is 6.35. The van der Waals surface area contributed by atoms with Gasteiger partial charge in [0.25, 0.3) is 5.91 Å². The number of nitrogens with two attached hydrogens (primary N) is 1. The first-order chi connectivity index (χ1) is 11.7. The van der Waals surface area contributed by atoms with Crippen LogP contribution in [0.2, 0.25) is 5.02 Å². The van der Waals surface area contributed by atoms with Crippen LogP contribution in [0.4, 0.5) is 8.78 Å². The lowest BCUT2D eigenvalue weighted by Crippen LogP contribution is -2.41. The molecule has 0 aliphatic heterocycles. The van der Waals surface area contributed by atoms with Gasteiger partial charge in [-0.15, -0.1) is 0 Å². The minimum Gasteiger partial charge on any atom is -0.387 e. The number of carbonyl (C=O) groups excluding carboxylic acids is 1. The Morgan fingerprint density at radius 3 is 2.80 bits per heavy atom. The van der Waals surface area contributed by atoms with Gasteiger partial charge in [-0.2, -0.15) is 0 Å². The van der Waals surface area contributed by atoms with Gasteiger partial charge in [-0.3, -0.25) is 9.78 Å². The van der Waals surface area contributed by atoms with Crippen molar-refractivity contribution in [1.29, 1.82) is 0 Å². The molecule has 2 unspecified atom stereocenters. The van der Waals surface area contributed by atoms with Gasteiger partial charge in [-0.25, -0.2) is 8.78 Å². The van der Waals surface area contributed by atoms with Crippen molar-refractivity contribution >= 4 is 17.5 Å². The van der Waals surface area contributed by atoms with Crippen molar-refractivity contribution in [3.8, 4) is 0 Å². The SMILES string of the molecule is C[C@@H](c1ccc2c(n1)C(O)CCC2(F)C(N)=O)c1ccc(F)cc1Cl. The molecule has 1 aromatic carbocycles. The van der Waals surface area contributed by atoms with Crippen LogP contribution >= 0.6 is 11.6 Å². The van der Waals surface area contributed by atoms with E-state index >= 15 is 0 Å². The fraction of sp³-hybridized carbons (Fsp3) is 0.333. The maximum Gasteiger partial charge on any atom is 0.259 e. The first-order valence-electron chi connectivity index (χ1n) is 7.87. The average molecular weight is 367 g/mol. The third-order valence-electron chi connectivity index (χ3n) is 4.71. The molecule has 1 aliphatic rings. The number of alkyl halides is 1. The summed E-state index contributed by atoms with van der Waals surface area (Å²) >= 11 is 6.09. The summed E-state index contributed by atoms with van der Waals surface area (Å²) in [4.78, 5) is 15.9. The summed E-state index contributed by atoms with van der Waals surface area (Å²) in [5.41, 5.74) is 4.16. The first kappa shape index (κ1) is 17.8. The van der Waals surface area contributed by atoms with E-state index in [1.807, 2.05) is 6.92 Å². The van der Waals surface area contributed by atoms with Crippen LogP contribution < -0.4 is 5.73 Å². The molecule has 0 saturated carbocycles. The number of nitrogens with zero attached hydrogens (tertiary/aromatic N) is 1. The highest BCUT2D eigenvalue weighted by atomic mass is 35.5. The van der Waals surface area contributed by atoms with Crippen molar-refractivity contribution in [3.63, 3.8) is 0 Å². The van der Waals surface area contributed by atoms with Gasteiger partial charge in [0.05, 0.1) is 11.8 Å². The normalized spacial score (nSPS) is 23.8. The van der Waals surface area contributed by atoms with Crippen LogP contribution in [0.15, 0.2) is 30.3 Å². The standard InChI is InChI=1S/C18H17ClF2N2O2/c1-9(11-3-2-10(20)8-13(11)19)14-5-4-12-16(23-14)15(24)6-7-18(12,21)17(22)25/h2-5,8-9,15,24H,6-7H2,1H3,(H2,22,25)/t9-,15?,18?/m1/s1. The molecule has 7 heteroatoms. The van der Waals surface area contributed by atoms with Gasteiger partial charge in [0, 0.05) is 22.2 Å². The summed E-state index contributed by atoms with van der Waals surface area (Å²) in [6, 6.07) is 7.06. The molecule has 0 bridgehead atoms. The van der Waals surface area contributed by atoms with Crippen LogP contribution in [-0.2, 0) is 10.5 Å². The van der Waals surface area contributed by atoms with Crippen LogP contribution in [0.1, 0.15) is 54.3 Å². The number of benzene rings is 1. The number of aliphatic hydroxyl groups is 1. The first-order valence-corrected chi connectivity index (χ1v) is 8.25. The van der Waals surface area contributed by atoms with E-state index in [1.54, 1.807) is 12.1 Å². The van der Waals surface area contributed by atoms with Crippen LogP contribution in [0, 0.1) is 5.82 Å². The molecule has 1 aromatic heterocycles. The minimum atomic E-state index is -2.34. The molecule has 0 fully saturated rings. The van der Waals surface area contributed by atoms with Gasteiger partial charge >= 0.3 is 0 Å². The third-order valence-corrected chi connectivity index (χ3v) is 5.04. The lowest BCUT2D eigenvalue weighted by atomic mass is 9.80. The summed E-state index contributed by atoms with van der Waals surface area (Å²) < 4.78 is 28.2. The smallest absolute Gasteiger partial charge is 0.259 e. The maximum absolute atomic E-state index is 14.9. The van der Waals surface area contributed by atoms with Crippen molar-refractivity contribution in [2.75, 3.05) is 0 Å². The van der Waals surface area contributed by atoms with Crippen LogP contribution in [-0.4, -0.2) is 16.0 Å². The number of halogens is 3. The number of aromatic nitrogens is 1. The Morgan fingerprint density at radius 1 is 1.44 bits per heavy atom. The van der Waals surface area contributed by atoms with E-state index in [4.69, 9.17) is 17.3 Å². The highest BCUT2D eigenvalue weighted by molar-refractivity contribution is 6.31. The zero-order valence-corrected chi connectivity index (χ0v) is 14.2. The molecular formula is C18H17ClF2N2O2. The fourth-order valence-corrected chi connectivity index (χ4v) is 3.53. The van der Waals surface area contributed by atoms with Crippen molar-refractivity contribution in [3.05, 3.63) is 63.7 Å².